The predicted octanol–water partition coefficient (Wildman–Crippen LogP) is 5.53. The molecule has 0 aliphatic rings. The van der Waals surface area contributed by atoms with E-state index in [2.05, 4.69) is 27.7 Å². The van der Waals surface area contributed by atoms with Crippen molar-refractivity contribution in [3.63, 3.8) is 0 Å². The van der Waals surface area contributed by atoms with Crippen molar-refractivity contribution in [2.75, 3.05) is 13.2 Å². The van der Waals surface area contributed by atoms with Crippen LogP contribution in [0.5, 0.6) is 0 Å². The van der Waals surface area contributed by atoms with E-state index >= 15 is 0 Å². The van der Waals surface area contributed by atoms with Crippen LogP contribution in [0.1, 0.15) is 92.9 Å². The summed E-state index contributed by atoms with van der Waals surface area (Å²) in [6, 6.07) is 0. The Kier molecular flexibility index (Phi) is 12.6. The van der Waals surface area contributed by atoms with Gasteiger partial charge in [-0.05, 0) is 38.5 Å². The molecule has 4 heteroatoms. The van der Waals surface area contributed by atoms with Gasteiger partial charge < -0.3 is 9.47 Å². The zero-order valence-corrected chi connectivity index (χ0v) is 17.4. The highest BCUT2D eigenvalue weighted by Crippen LogP contribution is 2.35. The average Bonchev–Trinajstić information content (AvgIpc) is 2.53. The van der Waals surface area contributed by atoms with Gasteiger partial charge in [0.25, 0.3) is 0 Å². The lowest BCUT2D eigenvalue weighted by atomic mass is 9.77. The first kappa shape index (κ1) is 23.9. The second-order valence-corrected chi connectivity index (χ2v) is 7.80. The number of hydrogen-bond acceptors (Lipinski definition) is 4. The highest BCUT2D eigenvalue weighted by molar-refractivity contribution is 6.00. The van der Waals surface area contributed by atoms with Gasteiger partial charge in [0.1, 0.15) is 0 Å². The minimum absolute atomic E-state index is 0.290. The van der Waals surface area contributed by atoms with Crippen LogP contribution in [0.3, 0.4) is 0 Å². The third-order valence-electron chi connectivity index (χ3n) is 4.60. The first-order chi connectivity index (χ1) is 11.8. The first-order valence-corrected chi connectivity index (χ1v) is 10.1. The Morgan fingerprint density at radius 1 is 0.720 bits per heavy atom. The molecule has 0 aromatic heterocycles. The quantitative estimate of drug-likeness (QED) is 0.233. The third kappa shape index (κ3) is 9.27. The summed E-state index contributed by atoms with van der Waals surface area (Å²) in [5, 5.41) is 0. The molecule has 0 atom stereocenters. The molecule has 0 aliphatic carbocycles. The number of hydrogen-bond donors (Lipinski definition) is 0. The van der Waals surface area contributed by atoms with Crippen LogP contribution in [0.25, 0.3) is 0 Å². The number of carbonyl (C=O) groups excluding carboxylic acids is 2. The monoisotopic (exact) mass is 356 g/mol. The summed E-state index contributed by atoms with van der Waals surface area (Å²) in [4.78, 5) is 25.4. The van der Waals surface area contributed by atoms with E-state index < -0.39 is 17.4 Å². The van der Waals surface area contributed by atoms with Crippen molar-refractivity contribution < 1.29 is 19.1 Å². The summed E-state index contributed by atoms with van der Waals surface area (Å²) in [7, 11) is 0. The van der Waals surface area contributed by atoms with E-state index in [1.807, 2.05) is 0 Å². The Morgan fingerprint density at radius 2 is 1.08 bits per heavy atom. The number of esters is 2. The maximum atomic E-state index is 12.7. The van der Waals surface area contributed by atoms with E-state index in [0.717, 1.165) is 38.5 Å². The van der Waals surface area contributed by atoms with Gasteiger partial charge in [-0.3, -0.25) is 9.59 Å². The largest absolute Gasteiger partial charge is 0.465 e. The van der Waals surface area contributed by atoms with Crippen LogP contribution in [0.2, 0.25) is 0 Å². The average molecular weight is 357 g/mol. The van der Waals surface area contributed by atoms with Gasteiger partial charge in [0.2, 0.25) is 0 Å². The molecule has 0 aromatic carbocycles. The Hall–Kier alpha value is -1.06. The second-order valence-electron chi connectivity index (χ2n) is 7.80. The molecule has 4 nitrogen and oxygen atoms in total. The van der Waals surface area contributed by atoms with Crippen LogP contribution in [-0.4, -0.2) is 25.2 Å². The maximum absolute atomic E-state index is 12.7. The molecule has 0 N–H and O–H groups in total. The molecule has 0 fully saturated rings. The SMILES string of the molecule is CCOC(=O)C(CCCCC(C)C)(CCCCC(C)C)C(=O)OCC. The van der Waals surface area contributed by atoms with E-state index in [-0.39, 0.29) is 13.2 Å². The molecule has 0 radical (unpaired) electrons. The van der Waals surface area contributed by atoms with Gasteiger partial charge >= 0.3 is 11.9 Å². The predicted molar refractivity (Wildman–Crippen MR) is 102 cm³/mol. The van der Waals surface area contributed by atoms with Crippen LogP contribution in [0, 0.1) is 17.3 Å². The van der Waals surface area contributed by atoms with Gasteiger partial charge in [-0.1, -0.05) is 66.2 Å². The molecule has 0 heterocycles. The highest BCUT2D eigenvalue weighted by Gasteiger charge is 2.47. The van der Waals surface area contributed by atoms with Crippen LogP contribution in [0.4, 0.5) is 0 Å². The van der Waals surface area contributed by atoms with Crippen LogP contribution in [-0.2, 0) is 19.1 Å². The Labute approximate surface area is 155 Å². The van der Waals surface area contributed by atoms with E-state index in [0.29, 0.717) is 24.7 Å². The normalized spacial score (nSPS) is 11.8. The molecule has 0 bridgehead atoms. The van der Waals surface area contributed by atoms with Crippen LogP contribution >= 0.6 is 0 Å². The van der Waals surface area contributed by atoms with Crippen molar-refractivity contribution >= 4 is 11.9 Å². The van der Waals surface area contributed by atoms with E-state index in [4.69, 9.17) is 9.47 Å². The van der Waals surface area contributed by atoms with Crippen LogP contribution < -0.4 is 0 Å². The standard InChI is InChI=1S/C21H40O4/c1-7-24-19(22)21(20(23)25-8-2,15-11-9-13-17(3)4)16-12-10-14-18(5)6/h17-18H,7-16H2,1-6H3. The van der Waals surface area contributed by atoms with E-state index in [9.17, 15) is 9.59 Å². The number of rotatable bonds is 14. The summed E-state index contributed by atoms with van der Waals surface area (Å²) in [6.07, 6.45) is 7.00. The minimum atomic E-state index is -1.13. The third-order valence-corrected chi connectivity index (χ3v) is 4.60. The van der Waals surface area contributed by atoms with Gasteiger partial charge in [-0.15, -0.1) is 0 Å². The van der Waals surface area contributed by atoms with Crippen molar-refractivity contribution in [1.29, 1.82) is 0 Å². The lowest BCUT2D eigenvalue weighted by Crippen LogP contribution is -2.42. The lowest BCUT2D eigenvalue weighted by molar-refractivity contribution is -0.173. The fraction of sp³-hybridized carbons (Fsp3) is 0.905. The first-order valence-electron chi connectivity index (χ1n) is 10.1. The molecule has 0 spiro atoms. The highest BCUT2D eigenvalue weighted by atomic mass is 16.6. The van der Waals surface area contributed by atoms with Crippen molar-refractivity contribution in [2.45, 2.75) is 92.9 Å². The molecule has 0 aromatic rings. The number of unbranched alkanes of at least 4 members (excludes halogenated alkanes) is 2. The second kappa shape index (κ2) is 13.2. The fourth-order valence-electron chi connectivity index (χ4n) is 3.11. The van der Waals surface area contributed by atoms with Crippen molar-refractivity contribution in [3.05, 3.63) is 0 Å². The molecule has 0 rings (SSSR count). The van der Waals surface area contributed by atoms with Gasteiger partial charge in [0.15, 0.2) is 5.41 Å². The maximum Gasteiger partial charge on any atom is 0.323 e. The van der Waals surface area contributed by atoms with Gasteiger partial charge in [0, 0.05) is 0 Å². The Bertz CT molecular complexity index is 338. The van der Waals surface area contributed by atoms with Gasteiger partial charge in [0.05, 0.1) is 13.2 Å². The molecule has 0 saturated carbocycles. The Morgan fingerprint density at radius 3 is 1.36 bits per heavy atom. The van der Waals surface area contributed by atoms with Crippen molar-refractivity contribution in [1.82, 2.24) is 0 Å². The molecule has 25 heavy (non-hydrogen) atoms. The smallest absolute Gasteiger partial charge is 0.323 e. The van der Waals surface area contributed by atoms with Crippen molar-refractivity contribution in [2.24, 2.45) is 17.3 Å². The van der Waals surface area contributed by atoms with Gasteiger partial charge in [-0.25, -0.2) is 0 Å². The summed E-state index contributed by atoms with van der Waals surface area (Å²) in [5.41, 5.74) is -1.13. The lowest BCUT2D eigenvalue weighted by Gasteiger charge is -2.29. The summed E-state index contributed by atoms with van der Waals surface area (Å²) in [5.74, 6) is 0.460. The zero-order valence-electron chi connectivity index (χ0n) is 17.4. The molecule has 0 saturated heterocycles. The van der Waals surface area contributed by atoms with Crippen molar-refractivity contribution in [3.8, 4) is 0 Å². The summed E-state index contributed by atoms with van der Waals surface area (Å²) < 4.78 is 10.6. The van der Waals surface area contributed by atoms with Gasteiger partial charge in [-0.2, -0.15) is 0 Å². The molecule has 0 unspecified atom stereocenters. The minimum Gasteiger partial charge on any atom is -0.465 e. The van der Waals surface area contributed by atoms with E-state index in [1.54, 1.807) is 13.8 Å². The molecule has 0 amide bonds. The Balaban J connectivity index is 5.12. The molecule has 0 aliphatic heterocycles. The number of carbonyl (C=O) groups is 2. The topological polar surface area (TPSA) is 52.6 Å². The zero-order chi connectivity index (χ0) is 19.3. The molecular weight excluding hydrogens is 316 g/mol. The summed E-state index contributed by atoms with van der Waals surface area (Å²) >= 11 is 0. The fourth-order valence-corrected chi connectivity index (χ4v) is 3.11. The number of ether oxygens (including phenoxy) is 2. The van der Waals surface area contributed by atoms with Crippen LogP contribution in [0.15, 0.2) is 0 Å². The molecule has 148 valence electrons. The molecular formula is C21H40O4. The summed E-state index contributed by atoms with van der Waals surface area (Å²) in [6.45, 7) is 12.9. The van der Waals surface area contributed by atoms with E-state index in [1.165, 1.54) is 0 Å².